The van der Waals surface area contributed by atoms with Crippen LogP contribution in [0.25, 0.3) is 0 Å². The van der Waals surface area contributed by atoms with Crippen molar-refractivity contribution in [3.8, 4) is 0 Å². The summed E-state index contributed by atoms with van der Waals surface area (Å²) in [5, 5.41) is 6.69. The molecule has 1 saturated heterocycles. The summed E-state index contributed by atoms with van der Waals surface area (Å²) in [4.78, 5) is 7.22. The Morgan fingerprint density at radius 3 is 2.32 bits per heavy atom. The lowest BCUT2D eigenvalue weighted by atomic mass is 10.1. The Balaban J connectivity index is 1.56. The number of nitrogens with one attached hydrogen (secondary N) is 2. The van der Waals surface area contributed by atoms with E-state index in [1.807, 2.05) is 12.1 Å². The molecule has 2 N–H and O–H groups in total. The van der Waals surface area contributed by atoms with Gasteiger partial charge in [0.15, 0.2) is 15.8 Å². The number of aliphatic imine (C=N–C) groups is 1. The second-order valence-electron chi connectivity index (χ2n) is 7.55. The Morgan fingerprint density at radius 2 is 1.68 bits per heavy atom. The van der Waals surface area contributed by atoms with Crippen molar-refractivity contribution in [2.75, 3.05) is 46.0 Å². The van der Waals surface area contributed by atoms with Crippen LogP contribution in [0.1, 0.15) is 44.1 Å². The van der Waals surface area contributed by atoms with Crippen LogP contribution in [0.2, 0.25) is 0 Å². The van der Waals surface area contributed by atoms with Gasteiger partial charge < -0.3 is 15.5 Å². The summed E-state index contributed by atoms with van der Waals surface area (Å²) in [6.45, 7) is 5.50. The molecular formula is C21H36N4O2S. The Hall–Kier alpha value is -1.60. The van der Waals surface area contributed by atoms with Gasteiger partial charge in [-0.1, -0.05) is 25.0 Å². The van der Waals surface area contributed by atoms with Crippen molar-refractivity contribution < 1.29 is 8.42 Å². The maximum absolute atomic E-state index is 11.5. The van der Waals surface area contributed by atoms with E-state index in [4.69, 9.17) is 0 Å². The van der Waals surface area contributed by atoms with Crippen molar-refractivity contribution in [3.63, 3.8) is 0 Å². The minimum absolute atomic E-state index is 0.363. The van der Waals surface area contributed by atoms with Crippen LogP contribution in [0.15, 0.2) is 34.2 Å². The van der Waals surface area contributed by atoms with Crippen LogP contribution in [-0.2, 0) is 16.3 Å². The third-order valence-electron chi connectivity index (χ3n) is 5.17. The molecule has 0 amide bonds. The highest BCUT2D eigenvalue weighted by molar-refractivity contribution is 7.90. The van der Waals surface area contributed by atoms with Gasteiger partial charge in [-0.3, -0.25) is 4.99 Å². The van der Waals surface area contributed by atoms with Crippen LogP contribution in [0.4, 0.5) is 0 Å². The van der Waals surface area contributed by atoms with Crippen molar-refractivity contribution >= 4 is 15.8 Å². The van der Waals surface area contributed by atoms with Gasteiger partial charge in [0.2, 0.25) is 0 Å². The first kappa shape index (κ1) is 22.7. The quantitative estimate of drug-likeness (QED) is 0.353. The van der Waals surface area contributed by atoms with Gasteiger partial charge in [0.1, 0.15) is 0 Å². The van der Waals surface area contributed by atoms with Crippen molar-refractivity contribution in [1.82, 2.24) is 15.5 Å². The number of piperidine rings is 1. The molecule has 0 unspecified atom stereocenters. The van der Waals surface area contributed by atoms with E-state index in [0.717, 1.165) is 37.5 Å². The molecule has 158 valence electrons. The predicted octanol–water partition coefficient (Wildman–Crippen LogP) is 2.45. The SMILES string of the molecule is CN=C(NCCCCCN1CCCCC1)NCCc1ccc(S(C)(=O)=O)cc1. The Labute approximate surface area is 170 Å². The zero-order valence-electron chi connectivity index (χ0n) is 17.4. The molecule has 1 fully saturated rings. The highest BCUT2D eigenvalue weighted by Gasteiger charge is 2.09. The topological polar surface area (TPSA) is 73.8 Å². The Kier molecular flexibility index (Phi) is 9.78. The van der Waals surface area contributed by atoms with E-state index in [1.54, 1.807) is 19.2 Å². The summed E-state index contributed by atoms with van der Waals surface area (Å²) in [6.07, 6.45) is 9.86. The van der Waals surface area contributed by atoms with E-state index < -0.39 is 9.84 Å². The molecule has 0 saturated carbocycles. The molecule has 0 atom stereocenters. The third kappa shape index (κ3) is 8.61. The number of hydrogen-bond acceptors (Lipinski definition) is 4. The average Bonchev–Trinajstić information content (AvgIpc) is 2.69. The fraction of sp³-hybridized carbons (Fsp3) is 0.667. The van der Waals surface area contributed by atoms with E-state index in [0.29, 0.717) is 4.90 Å². The molecule has 1 aliphatic heterocycles. The van der Waals surface area contributed by atoms with Crippen LogP contribution >= 0.6 is 0 Å². The minimum Gasteiger partial charge on any atom is -0.356 e. The van der Waals surface area contributed by atoms with E-state index in [1.165, 1.54) is 58.0 Å². The van der Waals surface area contributed by atoms with Crippen LogP contribution in [0, 0.1) is 0 Å². The summed E-state index contributed by atoms with van der Waals surface area (Å²) < 4.78 is 23.0. The number of unbranched alkanes of at least 4 members (excludes halogenated alkanes) is 2. The summed E-state index contributed by atoms with van der Waals surface area (Å²) in [7, 11) is -1.34. The number of likely N-dealkylation sites (tertiary alicyclic amines) is 1. The molecule has 1 aromatic rings. The standard InChI is InChI=1S/C21H36N4O2S/c1-22-21(23-14-5-3-6-16-25-17-7-4-8-18-25)24-15-13-19-9-11-20(12-10-19)28(2,26)27/h9-12H,3-8,13-18H2,1-2H3,(H2,22,23,24). The van der Waals surface area contributed by atoms with Crippen molar-refractivity contribution in [2.45, 2.75) is 49.8 Å². The molecule has 7 heteroatoms. The molecule has 0 radical (unpaired) electrons. The van der Waals surface area contributed by atoms with E-state index >= 15 is 0 Å². The molecule has 28 heavy (non-hydrogen) atoms. The largest absolute Gasteiger partial charge is 0.356 e. The minimum atomic E-state index is -3.13. The molecular weight excluding hydrogens is 372 g/mol. The summed E-state index contributed by atoms with van der Waals surface area (Å²) in [6, 6.07) is 7.08. The van der Waals surface area contributed by atoms with Crippen LogP contribution in [0.5, 0.6) is 0 Å². The number of sulfone groups is 1. The lowest BCUT2D eigenvalue weighted by Crippen LogP contribution is -2.38. The molecule has 2 rings (SSSR count). The van der Waals surface area contributed by atoms with E-state index in [9.17, 15) is 8.42 Å². The fourth-order valence-corrected chi connectivity index (χ4v) is 4.11. The molecule has 6 nitrogen and oxygen atoms in total. The van der Waals surface area contributed by atoms with E-state index in [2.05, 4.69) is 20.5 Å². The van der Waals surface area contributed by atoms with Gasteiger partial charge in [-0.15, -0.1) is 0 Å². The van der Waals surface area contributed by atoms with Crippen LogP contribution in [0.3, 0.4) is 0 Å². The normalized spacial score (nSPS) is 16.1. The number of rotatable bonds is 10. The average molecular weight is 409 g/mol. The Bertz CT molecular complexity index is 696. The number of hydrogen-bond donors (Lipinski definition) is 2. The molecule has 0 spiro atoms. The van der Waals surface area contributed by atoms with Crippen molar-refractivity contribution in [2.24, 2.45) is 4.99 Å². The second kappa shape index (κ2) is 12.1. The highest BCUT2D eigenvalue weighted by atomic mass is 32.2. The number of benzene rings is 1. The zero-order valence-corrected chi connectivity index (χ0v) is 18.2. The number of nitrogens with zero attached hydrogens (tertiary/aromatic N) is 2. The van der Waals surface area contributed by atoms with Gasteiger partial charge in [0.25, 0.3) is 0 Å². The van der Waals surface area contributed by atoms with Gasteiger partial charge in [-0.25, -0.2) is 8.42 Å². The van der Waals surface area contributed by atoms with Gasteiger partial charge in [-0.2, -0.15) is 0 Å². The fourth-order valence-electron chi connectivity index (χ4n) is 3.48. The lowest BCUT2D eigenvalue weighted by molar-refractivity contribution is 0.224. The van der Waals surface area contributed by atoms with Crippen molar-refractivity contribution in [1.29, 1.82) is 0 Å². The number of guanidine groups is 1. The van der Waals surface area contributed by atoms with Gasteiger partial charge >= 0.3 is 0 Å². The van der Waals surface area contributed by atoms with Gasteiger partial charge in [0, 0.05) is 26.4 Å². The maximum atomic E-state index is 11.5. The smallest absolute Gasteiger partial charge is 0.190 e. The van der Waals surface area contributed by atoms with Crippen LogP contribution < -0.4 is 10.6 Å². The second-order valence-corrected chi connectivity index (χ2v) is 9.57. The molecule has 1 aromatic carbocycles. The summed E-state index contributed by atoms with van der Waals surface area (Å²) in [5.41, 5.74) is 1.10. The van der Waals surface area contributed by atoms with E-state index in [-0.39, 0.29) is 0 Å². The highest BCUT2D eigenvalue weighted by Crippen LogP contribution is 2.11. The zero-order chi connectivity index (χ0) is 20.2. The van der Waals surface area contributed by atoms with Crippen molar-refractivity contribution in [3.05, 3.63) is 29.8 Å². The maximum Gasteiger partial charge on any atom is 0.190 e. The molecule has 1 aliphatic rings. The molecule has 0 aliphatic carbocycles. The lowest BCUT2D eigenvalue weighted by Gasteiger charge is -2.26. The summed E-state index contributed by atoms with van der Waals surface area (Å²) >= 11 is 0. The van der Waals surface area contributed by atoms with Gasteiger partial charge in [0.05, 0.1) is 4.90 Å². The van der Waals surface area contributed by atoms with Gasteiger partial charge in [-0.05, 0) is 69.4 Å². The molecule has 1 heterocycles. The first-order valence-electron chi connectivity index (χ1n) is 10.4. The summed E-state index contributed by atoms with van der Waals surface area (Å²) in [5.74, 6) is 0.823. The third-order valence-corrected chi connectivity index (χ3v) is 6.30. The monoisotopic (exact) mass is 408 g/mol. The van der Waals surface area contributed by atoms with Crippen LogP contribution in [-0.4, -0.2) is 65.3 Å². The first-order chi connectivity index (χ1) is 13.5. The molecule has 0 bridgehead atoms. The molecule has 0 aromatic heterocycles. The first-order valence-corrected chi connectivity index (χ1v) is 12.3. The Morgan fingerprint density at radius 1 is 1.00 bits per heavy atom. The predicted molar refractivity (Wildman–Crippen MR) is 117 cm³/mol.